The predicted octanol–water partition coefficient (Wildman–Crippen LogP) is 3.24. The lowest BCUT2D eigenvalue weighted by molar-refractivity contribution is 0.0370. The topological polar surface area (TPSA) is 53.4 Å². The predicted molar refractivity (Wildman–Crippen MR) is 85.5 cm³/mol. The van der Waals surface area contributed by atoms with Crippen LogP contribution in [0.3, 0.4) is 0 Å². The first kappa shape index (κ1) is 17.5. The summed E-state index contributed by atoms with van der Waals surface area (Å²) in [7, 11) is 1.59. The highest BCUT2D eigenvalue weighted by atomic mass is 32.1. The van der Waals surface area contributed by atoms with Crippen molar-refractivity contribution in [1.82, 2.24) is 9.88 Å². The maximum Gasteiger partial charge on any atom is 0.265 e. The van der Waals surface area contributed by atoms with E-state index in [4.69, 9.17) is 0 Å². The van der Waals surface area contributed by atoms with Crippen molar-refractivity contribution in [3.8, 4) is 10.6 Å². The smallest absolute Gasteiger partial charge is 0.265 e. The summed E-state index contributed by atoms with van der Waals surface area (Å²) < 4.78 is 26.4. The summed E-state index contributed by atoms with van der Waals surface area (Å²) in [5.41, 5.74) is -0.0742. The van der Waals surface area contributed by atoms with Gasteiger partial charge >= 0.3 is 0 Å². The van der Waals surface area contributed by atoms with E-state index in [-0.39, 0.29) is 12.5 Å². The number of benzene rings is 1. The number of halogens is 2. The largest absolute Gasteiger partial charge is 0.389 e. The number of nitrogens with zero attached hydrogens (tertiary/aromatic N) is 2. The van der Waals surface area contributed by atoms with Crippen LogP contribution in [0.15, 0.2) is 18.2 Å². The minimum Gasteiger partial charge on any atom is -0.389 e. The highest BCUT2D eigenvalue weighted by Gasteiger charge is 2.24. The second kappa shape index (κ2) is 6.33. The van der Waals surface area contributed by atoms with Crippen LogP contribution in [0.1, 0.15) is 29.2 Å². The van der Waals surface area contributed by atoms with Crippen LogP contribution in [0.5, 0.6) is 0 Å². The van der Waals surface area contributed by atoms with Gasteiger partial charge < -0.3 is 10.0 Å². The van der Waals surface area contributed by atoms with Crippen LogP contribution in [0, 0.1) is 18.6 Å². The number of carbonyl (C=O) groups is 1. The van der Waals surface area contributed by atoms with Gasteiger partial charge in [0.15, 0.2) is 11.6 Å². The molecule has 0 saturated carbocycles. The molecule has 0 radical (unpaired) electrons. The monoisotopic (exact) mass is 340 g/mol. The minimum atomic E-state index is -1.01. The van der Waals surface area contributed by atoms with Gasteiger partial charge in [-0.15, -0.1) is 11.3 Å². The van der Waals surface area contributed by atoms with Crippen LogP contribution < -0.4 is 0 Å². The Labute approximate surface area is 137 Å². The molecule has 0 saturated heterocycles. The normalized spacial score (nSPS) is 11.6. The number of thiazole rings is 1. The zero-order valence-electron chi connectivity index (χ0n) is 13.4. The molecule has 124 valence electrons. The van der Waals surface area contributed by atoms with Crippen molar-refractivity contribution in [2.45, 2.75) is 26.4 Å². The molecule has 7 heteroatoms. The molecule has 2 rings (SSSR count). The fourth-order valence-electron chi connectivity index (χ4n) is 2.17. The van der Waals surface area contributed by atoms with E-state index in [1.54, 1.807) is 27.8 Å². The van der Waals surface area contributed by atoms with E-state index >= 15 is 0 Å². The number of likely N-dealkylation sites (N-methyl/N-ethyl adjacent to an activating group) is 1. The summed E-state index contributed by atoms with van der Waals surface area (Å²) >= 11 is 1.12. The van der Waals surface area contributed by atoms with Gasteiger partial charge in [0.2, 0.25) is 0 Å². The first-order chi connectivity index (χ1) is 10.6. The average Bonchev–Trinajstić information content (AvgIpc) is 2.81. The number of amides is 1. The van der Waals surface area contributed by atoms with Gasteiger partial charge in [0.1, 0.15) is 9.88 Å². The Morgan fingerprint density at radius 3 is 2.57 bits per heavy atom. The van der Waals surface area contributed by atoms with Crippen molar-refractivity contribution in [2.24, 2.45) is 0 Å². The Kier molecular flexibility index (Phi) is 4.81. The van der Waals surface area contributed by atoms with Crippen LogP contribution in [0.25, 0.3) is 10.6 Å². The van der Waals surface area contributed by atoms with Gasteiger partial charge in [0, 0.05) is 19.2 Å². The van der Waals surface area contributed by atoms with Crippen molar-refractivity contribution in [3.05, 3.63) is 40.4 Å². The number of aliphatic hydroxyl groups is 1. The quantitative estimate of drug-likeness (QED) is 0.930. The third kappa shape index (κ3) is 4.11. The first-order valence-electron chi connectivity index (χ1n) is 6.99. The Morgan fingerprint density at radius 2 is 2.00 bits per heavy atom. The molecule has 0 fully saturated rings. The molecule has 4 nitrogen and oxygen atoms in total. The number of hydrogen-bond donors (Lipinski definition) is 1. The van der Waals surface area contributed by atoms with Crippen molar-refractivity contribution in [3.63, 3.8) is 0 Å². The molecule has 1 aromatic heterocycles. The standard InChI is InChI=1S/C16H18F2N2O2S/c1-9-13(15(21)20(4)8-16(2,3)22)23-14(19-9)10-5-6-11(17)12(18)7-10/h5-7,22H,8H2,1-4H3. The minimum absolute atomic E-state index is 0.170. The van der Waals surface area contributed by atoms with Gasteiger partial charge in [-0.2, -0.15) is 0 Å². The fraction of sp³-hybridized carbons (Fsp3) is 0.375. The van der Waals surface area contributed by atoms with Crippen molar-refractivity contribution in [1.29, 1.82) is 0 Å². The molecule has 0 aliphatic rings. The summed E-state index contributed by atoms with van der Waals surface area (Å²) in [6.45, 7) is 5.08. The first-order valence-corrected chi connectivity index (χ1v) is 7.81. The van der Waals surface area contributed by atoms with E-state index in [9.17, 15) is 18.7 Å². The van der Waals surface area contributed by atoms with Gasteiger partial charge in [0.25, 0.3) is 5.91 Å². The van der Waals surface area contributed by atoms with Gasteiger partial charge in [-0.3, -0.25) is 4.79 Å². The zero-order valence-corrected chi connectivity index (χ0v) is 14.2. The van der Waals surface area contributed by atoms with E-state index in [2.05, 4.69) is 4.98 Å². The molecular weight excluding hydrogens is 322 g/mol. The van der Waals surface area contributed by atoms with Crippen LogP contribution in [-0.2, 0) is 0 Å². The molecule has 0 aliphatic carbocycles. The molecule has 0 spiro atoms. The van der Waals surface area contributed by atoms with Crippen molar-refractivity contribution in [2.75, 3.05) is 13.6 Å². The lowest BCUT2D eigenvalue weighted by Crippen LogP contribution is -2.39. The summed E-state index contributed by atoms with van der Waals surface area (Å²) in [5, 5.41) is 10.3. The number of hydrogen-bond acceptors (Lipinski definition) is 4. The second-order valence-electron chi connectivity index (χ2n) is 6.04. The van der Waals surface area contributed by atoms with E-state index in [1.807, 2.05) is 0 Å². The van der Waals surface area contributed by atoms with E-state index in [0.29, 0.717) is 21.1 Å². The Morgan fingerprint density at radius 1 is 1.35 bits per heavy atom. The summed E-state index contributed by atoms with van der Waals surface area (Å²) in [6.07, 6.45) is 0. The SMILES string of the molecule is Cc1nc(-c2ccc(F)c(F)c2)sc1C(=O)N(C)CC(C)(C)O. The Hall–Kier alpha value is -1.86. The van der Waals surface area contributed by atoms with Crippen LogP contribution >= 0.6 is 11.3 Å². The molecule has 23 heavy (non-hydrogen) atoms. The number of carbonyl (C=O) groups excluding carboxylic acids is 1. The van der Waals surface area contributed by atoms with Gasteiger partial charge in [-0.05, 0) is 39.0 Å². The van der Waals surface area contributed by atoms with Crippen molar-refractivity contribution < 1.29 is 18.7 Å². The molecule has 0 atom stereocenters. The van der Waals surface area contributed by atoms with Crippen LogP contribution in [0.2, 0.25) is 0 Å². The summed E-state index contributed by atoms with van der Waals surface area (Å²) in [4.78, 5) is 18.6. The fourth-order valence-corrected chi connectivity index (χ4v) is 3.23. The zero-order chi connectivity index (χ0) is 17.4. The highest BCUT2D eigenvalue weighted by Crippen LogP contribution is 2.29. The Bertz CT molecular complexity index is 738. The number of aryl methyl sites for hydroxylation is 1. The molecule has 2 aromatic rings. The van der Waals surface area contributed by atoms with E-state index in [0.717, 1.165) is 23.5 Å². The summed E-state index contributed by atoms with van der Waals surface area (Å²) in [5.74, 6) is -2.15. The molecule has 1 aromatic carbocycles. The number of aromatic nitrogens is 1. The lowest BCUT2D eigenvalue weighted by Gasteiger charge is -2.25. The maximum absolute atomic E-state index is 13.3. The molecule has 0 unspecified atom stereocenters. The highest BCUT2D eigenvalue weighted by molar-refractivity contribution is 7.17. The average molecular weight is 340 g/mol. The van der Waals surface area contributed by atoms with E-state index < -0.39 is 17.2 Å². The number of rotatable bonds is 4. The van der Waals surface area contributed by atoms with Gasteiger partial charge in [-0.25, -0.2) is 13.8 Å². The van der Waals surface area contributed by atoms with Crippen molar-refractivity contribution >= 4 is 17.2 Å². The molecule has 1 heterocycles. The molecule has 1 amide bonds. The summed E-state index contributed by atoms with van der Waals surface area (Å²) in [6, 6.07) is 3.51. The third-order valence-electron chi connectivity index (χ3n) is 3.13. The molecule has 0 bridgehead atoms. The third-order valence-corrected chi connectivity index (χ3v) is 4.32. The van der Waals surface area contributed by atoms with Gasteiger partial charge in [0.05, 0.1) is 11.3 Å². The lowest BCUT2D eigenvalue weighted by atomic mass is 10.1. The molecule has 0 aliphatic heterocycles. The van der Waals surface area contributed by atoms with Crippen LogP contribution in [-0.4, -0.2) is 40.1 Å². The molecular formula is C16H18F2N2O2S. The van der Waals surface area contributed by atoms with E-state index in [1.165, 1.54) is 11.0 Å². The van der Waals surface area contributed by atoms with Gasteiger partial charge in [-0.1, -0.05) is 0 Å². The second-order valence-corrected chi connectivity index (χ2v) is 7.04. The molecule has 1 N–H and O–H groups in total. The van der Waals surface area contributed by atoms with Crippen LogP contribution in [0.4, 0.5) is 8.78 Å². The Balaban J connectivity index is 2.30. The maximum atomic E-state index is 13.3.